The molecule has 0 unspecified atom stereocenters. The first-order chi connectivity index (χ1) is 15.9. The molecule has 3 aromatic rings. The Morgan fingerprint density at radius 1 is 1.21 bits per heavy atom. The highest BCUT2D eigenvalue weighted by Gasteiger charge is 2.49. The first-order valence-corrected chi connectivity index (χ1v) is 11.8. The Bertz CT molecular complexity index is 1200. The van der Waals surface area contributed by atoms with Crippen LogP contribution in [0.4, 0.5) is 5.69 Å². The van der Waals surface area contributed by atoms with Crippen molar-refractivity contribution in [2.45, 2.75) is 64.1 Å². The smallest absolute Gasteiger partial charge is 0.277 e. The van der Waals surface area contributed by atoms with E-state index >= 15 is 0 Å². The van der Waals surface area contributed by atoms with Crippen molar-refractivity contribution in [3.63, 3.8) is 0 Å². The van der Waals surface area contributed by atoms with E-state index in [1.54, 1.807) is 47.0 Å². The lowest BCUT2D eigenvalue weighted by Gasteiger charge is -2.44. The molecule has 1 aromatic carbocycles. The van der Waals surface area contributed by atoms with Gasteiger partial charge in [-0.25, -0.2) is 0 Å². The van der Waals surface area contributed by atoms with Crippen LogP contribution in [0.5, 0.6) is 0 Å². The molecule has 1 aliphatic heterocycles. The summed E-state index contributed by atoms with van der Waals surface area (Å²) in [5.74, 6) is 0.0934. The van der Waals surface area contributed by atoms with Crippen LogP contribution in [-0.4, -0.2) is 33.2 Å². The quantitative estimate of drug-likeness (QED) is 0.588. The van der Waals surface area contributed by atoms with Crippen LogP contribution in [0.25, 0.3) is 11.5 Å². The van der Waals surface area contributed by atoms with Crippen LogP contribution >= 0.6 is 11.6 Å². The maximum Gasteiger partial charge on any atom is 0.277 e. The molecule has 7 nitrogen and oxygen atoms in total. The van der Waals surface area contributed by atoms with E-state index in [1.165, 1.54) is 6.42 Å². The number of hydrogen-bond donors (Lipinski definition) is 1. The summed E-state index contributed by atoms with van der Waals surface area (Å²) in [5, 5.41) is 8.36. The number of rotatable bonds is 4. The first-order valence-electron chi connectivity index (χ1n) is 11.4. The van der Waals surface area contributed by atoms with E-state index in [4.69, 9.17) is 16.0 Å². The summed E-state index contributed by atoms with van der Waals surface area (Å²) in [6.45, 7) is 3.93. The minimum Gasteiger partial charge on any atom is -0.463 e. The molecule has 8 heteroatoms. The number of aromatic nitrogens is 2. The van der Waals surface area contributed by atoms with Crippen molar-refractivity contribution in [1.29, 1.82) is 0 Å². The number of nitrogens with zero attached hydrogens (tertiary/aromatic N) is 3. The second-order valence-electron chi connectivity index (χ2n) is 9.21. The third-order valence-electron chi connectivity index (χ3n) is 6.77. The first kappa shape index (κ1) is 21.8. The Balaban J connectivity index is 1.57. The summed E-state index contributed by atoms with van der Waals surface area (Å²) in [6.07, 6.45) is 6.89. The summed E-state index contributed by atoms with van der Waals surface area (Å²) in [6, 6.07) is 10.9. The number of anilines is 1. The number of amides is 2. The Morgan fingerprint density at radius 2 is 2.00 bits per heavy atom. The zero-order valence-corrected chi connectivity index (χ0v) is 19.6. The molecule has 1 aliphatic carbocycles. The topological polar surface area (TPSA) is 80.4 Å². The number of carbonyl (C=O) groups excluding carboxylic acids is 2. The number of benzene rings is 1. The molecule has 5 rings (SSSR count). The Kier molecular flexibility index (Phi) is 5.52. The molecule has 33 heavy (non-hydrogen) atoms. The van der Waals surface area contributed by atoms with Crippen LogP contribution < -0.4 is 10.2 Å². The van der Waals surface area contributed by atoms with Gasteiger partial charge in [0, 0.05) is 22.8 Å². The fraction of sp³-hybridized carbons (Fsp3) is 0.400. The van der Waals surface area contributed by atoms with E-state index in [1.807, 2.05) is 19.1 Å². The number of nitrogens with one attached hydrogen (secondary N) is 1. The molecular formula is C25H27ClN4O3. The van der Waals surface area contributed by atoms with Gasteiger partial charge in [-0.2, -0.15) is 5.10 Å². The predicted molar refractivity (Wildman–Crippen MR) is 126 cm³/mol. The van der Waals surface area contributed by atoms with Crippen LogP contribution in [0.15, 0.2) is 47.1 Å². The van der Waals surface area contributed by atoms with E-state index < -0.39 is 5.54 Å². The molecule has 1 N–H and O–H groups in total. The van der Waals surface area contributed by atoms with Crippen LogP contribution in [0.1, 0.15) is 55.1 Å². The number of hydrogen-bond acceptors (Lipinski definition) is 4. The van der Waals surface area contributed by atoms with Gasteiger partial charge in [0.1, 0.15) is 16.9 Å². The number of carbonyl (C=O) groups is 2. The predicted octanol–water partition coefficient (Wildman–Crippen LogP) is 4.97. The monoisotopic (exact) mass is 466 g/mol. The van der Waals surface area contributed by atoms with Gasteiger partial charge in [0.2, 0.25) is 5.91 Å². The normalized spacial score (nSPS) is 21.2. The number of furan rings is 1. The summed E-state index contributed by atoms with van der Waals surface area (Å²) in [4.78, 5) is 29.1. The molecule has 2 aromatic heterocycles. The summed E-state index contributed by atoms with van der Waals surface area (Å²) in [7, 11) is 0. The van der Waals surface area contributed by atoms with Crippen LogP contribution in [0, 0.1) is 6.92 Å². The zero-order valence-electron chi connectivity index (χ0n) is 18.8. The highest BCUT2D eigenvalue weighted by molar-refractivity contribution is 6.31. The van der Waals surface area contributed by atoms with Gasteiger partial charge in [-0.05, 0) is 56.5 Å². The summed E-state index contributed by atoms with van der Waals surface area (Å²) in [5.41, 5.74) is 1.28. The van der Waals surface area contributed by atoms with Crippen LogP contribution in [-0.2, 0) is 11.3 Å². The third kappa shape index (κ3) is 3.84. The lowest BCUT2D eigenvalue weighted by molar-refractivity contribution is -0.127. The van der Waals surface area contributed by atoms with Crippen LogP contribution in [0.3, 0.4) is 0 Å². The molecule has 2 amide bonds. The lowest BCUT2D eigenvalue weighted by Crippen LogP contribution is -2.65. The zero-order chi connectivity index (χ0) is 23.2. The van der Waals surface area contributed by atoms with Gasteiger partial charge in [-0.15, -0.1) is 0 Å². The molecule has 1 atom stereocenters. The minimum absolute atomic E-state index is 0.124. The lowest BCUT2D eigenvalue weighted by atomic mass is 9.91. The third-order valence-corrected chi connectivity index (χ3v) is 7.18. The fourth-order valence-electron chi connectivity index (χ4n) is 4.84. The Labute approximate surface area is 197 Å². The van der Waals surface area contributed by atoms with Crippen LogP contribution in [0.2, 0.25) is 5.02 Å². The second kappa shape index (κ2) is 8.37. The number of aryl methyl sites for hydroxylation is 1. The van der Waals surface area contributed by atoms with Gasteiger partial charge in [-0.1, -0.05) is 36.9 Å². The van der Waals surface area contributed by atoms with Crippen molar-refractivity contribution in [2.24, 2.45) is 0 Å². The Hall–Kier alpha value is -3.06. The van der Waals surface area contributed by atoms with E-state index in [-0.39, 0.29) is 24.4 Å². The largest absolute Gasteiger partial charge is 0.463 e. The molecule has 0 bridgehead atoms. The van der Waals surface area contributed by atoms with Crippen molar-refractivity contribution in [3.8, 4) is 11.5 Å². The fourth-order valence-corrected chi connectivity index (χ4v) is 5.01. The molecule has 0 saturated heterocycles. The van der Waals surface area contributed by atoms with Gasteiger partial charge in [0.25, 0.3) is 5.91 Å². The summed E-state index contributed by atoms with van der Waals surface area (Å²) >= 11 is 6.41. The van der Waals surface area contributed by atoms with E-state index in [0.717, 1.165) is 31.2 Å². The van der Waals surface area contributed by atoms with E-state index in [0.29, 0.717) is 27.9 Å². The molecule has 1 saturated carbocycles. The van der Waals surface area contributed by atoms with E-state index in [2.05, 4.69) is 10.4 Å². The standard InChI is InChI=1S/C25H27ClN4O3/c1-16-10-11-18(13-19(16)26)30-23(31)21-14-20(22-9-6-12-33-22)28-29(21)15-25(30,2)24(32)27-17-7-4-3-5-8-17/h6,9-14,17H,3-5,7-8,15H2,1-2H3,(H,27,32)/t25-/m1/s1. The van der Waals surface area contributed by atoms with Gasteiger partial charge in [0.15, 0.2) is 5.76 Å². The number of halogens is 1. The van der Waals surface area contributed by atoms with Crippen molar-refractivity contribution >= 4 is 29.1 Å². The molecule has 0 spiro atoms. The molecule has 1 fully saturated rings. The molecule has 172 valence electrons. The molecular weight excluding hydrogens is 440 g/mol. The average molecular weight is 467 g/mol. The van der Waals surface area contributed by atoms with Crippen molar-refractivity contribution < 1.29 is 14.0 Å². The SMILES string of the molecule is Cc1ccc(N2C(=O)c3cc(-c4ccco4)nn3C[C@]2(C)C(=O)NC2CCCCC2)cc1Cl. The second-order valence-corrected chi connectivity index (χ2v) is 9.61. The highest BCUT2D eigenvalue weighted by atomic mass is 35.5. The van der Waals surface area contributed by atoms with Gasteiger partial charge in [0.05, 0.1) is 12.8 Å². The molecule has 0 radical (unpaired) electrons. The van der Waals surface area contributed by atoms with Gasteiger partial charge >= 0.3 is 0 Å². The maximum atomic E-state index is 13.8. The number of fused-ring (bicyclic) bond motifs is 1. The highest BCUT2D eigenvalue weighted by Crippen LogP contribution is 2.36. The van der Waals surface area contributed by atoms with Crippen molar-refractivity contribution in [3.05, 3.63) is 58.9 Å². The summed E-state index contributed by atoms with van der Waals surface area (Å²) < 4.78 is 7.09. The van der Waals surface area contributed by atoms with Gasteiger partial charge in [-0.3, -0.25) is 19.2 Å². The molecule has 3 heterocycles. The van der Waals surface area contributed by atoms with E-state index in [9.17, 15) is 9.59 Å². The minimum atomic E-state index is -1.17. The Morgan fingerprint density at radius 3 is 2.70 bits per heavy atom. The van der Waals surface area contributed by atoms with Crippen molar-refractivity contribution in [1.82, 2.24) is 15.1 Å². The maximum absolute atomic E-state index is 13.8. The van der Waals surface area contributed by atoms with Gasteiger partial charge < -0.3 is 9.73 Å². The average Bonchev–Trinajstić information content (AvgIpc) is 3.47. The van der Waals surface area contributed by atoms with Crippen molar-refractivity contribution in [2.75, 3.05) is 4.90 Å². The molecule has 2 aliphatic rings.